The van der Waals surface area contributed by atoms with E-state index in [1.165, 1.54) is 6.07 Å². The molecule has 9 heteroatoms. The van der Waals surface area contributed by atoms with E-state index in [1.54, 1.807) is 12.3 Å². The van der Waals surface area contributed by atoms with Crippen molar-refractivity contribution in [3.63, 3.8) is 0 Å². The van der Waals surface area contributed by atoms with Crippen molar-refractivity contribution in [2.75, 3.05) is 76.0 Å². The van der Waals surface area contributed by atoms with Crippen molar-refractivity contribution in [1.29, 1.82) is 0 Å². The number of hydrogen-bond donors (Lipinski definition) is 1. The van der Waals surface area contributed by atoms with Crippen LogP contribution in [0.15, 0.2) is 66.9 Å². The van der Waals surface area contributed by atoms with E-state index in [0.717, 1.165) is 75.9 Å². The number of anilines is 3. The predicted molar refractivity (Wildman–Crippen MR) is 150 cm³/mol. The second kappa shape index (κ2) is 11.9. The van der Waals surface area contributed by atoms with Crippen molar-refractivity contribution in [1.82, 2.24) is 14.9 Å². The molecular weight excluding hydrogens is 497 g/mol. The van der Waals surface area contributed by atoms with Crippen molar-refractivity contribution in [3.8, 4) is 16.9 Å². The highest BCUT2D eigenvalue weighted by atomic mass is 19.1. The van der Waals surface area contributed by atoms with Crippen LogP contribution in [0.3, 0.4) is 0 Å². The molecular formula is C30H32FN5O3. The van der Waals surface area contributed by atoms with Gasteiger partial charge in [-0.05, 0) is 36.4 Å². The van der Waals surface area contributed by atoms with E-state index >= 15 is 4.39 Å². The summed E-state index contributed by atoms with van der Waals surface area (Å²) in [6.45, 7) is 7.86. The first-order valence-corrected chi connectivity index (χ1v) is 13.4. The minimum Gasteiger partial charge on any atom is -0.492 e. The molecule has 8 nitrogen and oxygen atoms in total. The monoisotopic (exact) mass is 529 g/mol. The summed E-state index contributed by atoms with van der Waals surface area (Å²) in [7, 11) is 0. The maximum Gasteiger partial charge on any atom is 0.227 e. The number of benzene rings is 3. The zero-order valence-electron chi connectivity index (χ0n) is 21.8. The lowest BCUT2D eigenvalue weighted by Crippen LogP contribution is -2.38. The Morgan fingerprint density at radius 1 is 0.872 bits per heavy atom. The molecule has 2 aliphatic rings. The number of aromatic nitrogens is 2. The van der Waals surface area contributed by atoms with Crippen LogP contribution in [0.1, 0.15) is 0 Å². The molecule has 0 saturated carbocycles. The first kappa shape index (κ1) is 25.5. The zero-order chi connectivity index (χ0) is 26.4. The van der Waals surface area contributed by atoms with Crippen molar-refractivity contribution in [2.45, 2.75) is 0 Å². The third-order valence-electron chi connectivity index (χ3n) is 7.12. The summed E-state index contributed by atoms with van der Waals surface area (Å²) >= 11 is 0. The molecule has 3 aromatic carbocycles. The van der Waals surface area contributed by atoms with Crippen LogP contribution < -0.4 is 15.0 Å². The molecule has 202 valence electrons. The second-order valence-electron chi connectivity index (χ2n) is 9.65. The van der Waals surface area contributed by atoms with E-state index in [0.29, 0.717) is 34.9 Å². The van der Waals surface area contributed by atoms with Gasteiger partial charge in [0.05, 0.1) is 31.9 Å². The van der Waals surface area contributed by atoms with Crippen LogP contribution in [0.5, 0.6) is 5.75 Å². The van der Waals surface area contributed by atoms with E-state index in [9.17, 15) is 0 Å². The van der Waals surface area contributed by atoms with Gasteiger partial charge in [-0.3, -0.25) is 4.90 Å². The highest BCUT2D eigenvalue weighted by Gasteiger charge is 2.15. The molecule has 2 saturated heterocycles. The normalized spacial score (nSPS) is 16.4. The van der Waals surface area contributed by atoms with Gasteiger partial charge in [0.2, 0.25) is 5.95 Å². The molecule has 4 aromatic rings. The Hall–Kier alpha value is -3.79. The lowest BCUT2D eigenvalue weighted by molar-refractivity contribution is 0.0322. The van der Waals surface area contributed by atoms with Crippen LogP contribution in [-0.2, 0) is 9.47 Å². The highest BCUT2D eigenvalue weighted by molar-refractivity contribution is 5.94. The molecule has 0 bridgehead atoms. The average molecular weight is 530 g/mol. The molecule has 1 N–H and O–H groups in total. The van der Waals surface area contributed by atoms with Crippen molar-refractivity contribution in [2.24, 2.45) is 0 Å². The molecule has 1 aromatic heterocycles. The Morgan fingerprint density at radius 3 is 2.41 bits per heavy atom. The number of hydrogen-bond acceptors (Lipinski definition) is 8. The fourth-order valence-electron chi connectivity index (χ4n) is 4.96. The third kappa shape index (κ3) is 6.11. The van der Waals surface area contributed by atoms with Crippen molar-refractivity contribution >= 4 is 28.2 Å². The van der Waals surface area contributed by atoms with E-state index in [2.05, 4.69) is 32.2 Å². The second-order valence-corrected chi connectivity index (χ2v) is 9.65. The Kier molecular flexibility index (Phi) is 7.80. The number of morpholine rings is 2. The molecule has 0 aliphatic carbocycles. The zero-order valence-corrected chi connectivity index (χ0v) is 21.8. The highest BCUT2D eigenvalue weighted by Crippen LogP contribution is 2.32. The summed E-state index contributed by atoms with van der Waals surface area (Å²) in [5, 5.41) is 4.13. The predicted octanol–water partition coefficient (Wildman–Crippen LogP) is 4.73. The number of ether oxygens (including phenoxy) is 3. The third-order valence-corrected chi connectivity index (χ3v) is 7.12. The molecule has 0 amide bonds. The molecule has 2 aliphatic heterocycles. The van der Waals surface area contributed by atoms with Gasteiger partial charge in [0.15, 0.2) is 0 Å². The first-order chi connectivity index (χ1) is 19.2. The minimum absolute atomic E-state index is 0.349. The summed E-state index contributed by atoms with van der Waals surface area (Å²) in [6.07, 6.45) is 1.76. The van der Waals surface area contributed by atoms with Crippen LogP contribution in [0, 0.1) is 5.82 Å². The number of para-hydroxylation sites is 1. The Labute approximate surface area is 227 Å². The molecule has 0 spiro atoms. The van der Waals surface area contributed by atoms with Crippen LogP contribution in [0.25, 0.3) is 22.0 Å². The number of nitrogens with one attached hydrogen (secondary N) is 1. The van der Waals surface area contributed by atoms with E-state index < -0.39 is 0 Å². The Morgan fingerprint density at radius 2 is 1.64 bits per heavy atom. The number of fused-ring (bicyclic) bond motifs is 1. The summed E-state index contributed by atoms with van der Waals surface area (Å²) in [5.41, 5.74) is 3.90. The van der Waals surface area contributed by atoms with Gasteiger partial charge in [-0.15, -0.1) is 0 Å². The summed E-state index contributed by atoms with van der Waals surface area (Å²) in [4.78, 5) is 13.8. The van der Waals surface area contributed by atoms with E-state index in [-0.39, 0.29) is 5.82 Å². The van der Waals surface area contributed by atoms with Gasteiger partial charge < -0.3 is 24.4 Å². The molecule has 6 rings (SSSR count). The molecule has 39 heavy (non-hydrogen) atoms. The van der Waals surface area contributed by atoms with Gasteiger partial charge in [0, 0.05) is 72.9 Å². The molecule has 2 fully saturated rings. The molecule has 0 unspecified atom stereocenters. The topological polar surface area (TPSA) is 72.0 Å². The number of halogens is 1. The lowest BCUT2D eigenvalue weighted by atomic mass is 10.0. The largest absolute Gasteiger partial charge is 0.492 e. The van der Waals surface area contributed by atoms with Gasteiger partial charge in [0.1, 0.15) is 18.2 Å². The standard InChI is InChI=1S/C30H32FN5O3/c31-28-20-25(39-19-12-35-10-15-37-16-11-35)8-9-26(28)27-3-1-2-22-21-32-30(34-29(22)27)33-23-4-6-24(7-5-23)36-13-17-38-18-14-36/h1-9,20-21H,10-19H2,(H,32,33,34). The number of nitrogens with zero attached hydrogens (tertiary/aromatic N) is 4. The van der Waals surface area contributed by atoms with Gasteiger partial charge >= 0.3 is 0 Å². The number of rotatable bonds is 8. The van der Waals surface area contributed by atoms with Crippen LogP contribution in [0.2, 0.25) is 0 Å². The first-order valence-electron chi connectivity index (χ1n) is 13.4. The Balaban J connectivity index is 1.17. The summed E-state index contributed by atoms with van der Waals surface area (Å²) in [6, 6.07) is 18.9. The van der Waals surface area contributed by atoms with Crippen LogP contribution >= 0.6 is 0 Å². The summed E-state index contributed by atoms with van der Waals surface area (Å²) in [5.74, 6) is 0.623. The van der Waals surface area contributed by atoms with Gasteiger partial charge in [-0.2, -0.15) is 0 Å². The molecule has 0 radical (unpaired) electrons. The van der Waals surface area contributed by atoms with E-state index in [4.69, 9.17) is 19.2 Å². The van der Waals surface area contributed by atoms with Gasteiger partial charge in [-0.1, -0.05) is 18.2 Å². The smallest absolute Gasteiger partial charge is 0.227 e. The van der Waals surface area contributed by atoms with Crippen molar-refractivity contribution < 1.29 is 18.6 Å². The fraction of sp³-hybridized carbons (Fsp3) is 0.333. The van der Waals surface area contributed by atoms with Gasteiger partial charge in [0.25, 0.3) is 0 Å². The van der Waals surface area contributed by atoms with Gasteiger partial charge in [-0.25, -0.2) is 14.4 Å². The lowest BCUT2D eigenvalue weighted by Gasteiger charge is -2.28. The maximum absolute atomic E-state index is 15.3. The van der Waals surface area contributed by atoms with Crippen LogP contribution in [-0.4, -0.2) is 80.6 Å². The fourth-order valence-corrected chi connectivity index (χ4v) is 4.96. The summed E-state index contributed by atoms with van der Waals surface area (Å²) < 4.78 is 32.0. The van der Waals surface area contributed by atoms with Crippen LogP contribution in [0.4, 0.5) is 21.7 Å². The Bertz CT molecular complexity index is 1410. The minimum atomic E-state index is -0.349. The SMILES string of the molecule is Fc1cc(OCCN2CCOCC2)ccc1-c1cccc2cnc(Nc3ccc(N4CCOCC4)cc3)nc12. The molecule has 3 heterocycles. The average Bonchev–Trinajstić information content (AvgIpc) is 2.98. The van der Waals surface area contributed by atoms with E-state index in [1.807, 2.05) is 36.4 Å². The quantitative estimate of drug-likeness (QED) is 0.351. The van der Waals surface area contributed by atoms with Crippen molar-refractivity contribution in [3.05, 3.63) is 72.7 Å². The maximum atomic E-state index is 15.3. The molecule has 0 atom stereocenters.